The van der Waals surface area contributed by atoms with Gasteiger partial charge in [0.15, 0.2) is 5.01 Å². The maximum absolute atomic E-state index is 12.1. The number of hydrogen-bond donors (Lipinski definition) is 1. The van der Waals surface area contributed by atoms with Crippen molar-refractivity contribution in [1.29, 1.82) is 0 Å². The van der Waals surface area contributed by atoms with Crippen molar-refractivity contribution in [2.24, 2.45) is 5.92 Å². The largest absolute Gasteiger partial charge is 0.486 e. The fraction of sp³-hybridized carbons (Fsp3) is 0.500. The summed E-state index contributed by atoms with van der Waals surface area (Å²) < 4.78 is 5.63. The zero-order valence-corrected chi connectivity index (χ0v) is 15.6. The Morgan fingerprint density at radius 2 is 1.96 bits per heavy atom. The molecule has 1 saturated carbocycles. The van der Waals surface area contributed by atoms with Crippen LogP contribution in [0.15, 0.2) is 24.3 Å². The van der Waals surface area contributed by atoms with Crippen LogP contribution in [0.4, 0.5) is 5.13 Å². The number of aromatic nitrogens is 2. The minimum atomic E-state index is 0.0203. The summed E-state index contributed by atoms with van der Waals surface area (Å²) in [4.78, 5) is 12.1. The third kappa shape index (κ3) is 5.97. The lowest BCUT2D eigenvalue weighted by atomic mass is 9.86. The van der Waals surface area contributed by atoms with E-state index in [0.717, 1.165) is 17.2 Å². The Labute approximate surface area is 156 Å². The Morgan fingerprint density at radius 1 is 1.20 bits per heavy atom. The first-order valence-electron chi connectivity index (χ1n) is 8.69. The summed E-state index contributed by atoms with van der Waals surface area (Å²) in [6.45, 7) is 0.317. The molecule has 1 heterocycles. The SMILES string of the molecule is O=C(CCC1CCCCC1)Nc1nnc(COc2ccc(Cl)cc2)s1. The second-order valence-electron chi connectivity index (χ2n) is 6.33. The van der Waals surface area contributed by atoms with Crippen LogP contribution >= 0.6 is 22.9 Å². The molecule has 3 rings (SSSR count). The summed E-state index contributed by atoms with van der Waals surface area (Å²) in [6.07, 6.45) is 8.00. The first-order valence-corrected chi connectivity index (χ1v) is 9.89. The van der Waals surface area contributed by atoms with Gasteiger partial charge in [-0.05, 0) is 36.6 Å². The van der Waals surface area contributed by atoms with Gasteiger partial charge in [-0.15, -0.1) is 10.2 Å². The van der Waals surface area contributed by atoms with Crippen LogP contribution in [-0.2, 0) is 11.4 Å². The van der Waals surface area contributed by atoms with E-state index in [9.17, 15) is 4.79 Å². The van der Waals surface area contributed by atoms with E-state index in [1.165, 1.54) is 43.4 Å². The fourth-order valence-electron chi connectivity index (χ4n) is 3.03. The number of nitrogens with zero attached hydrogens (tertiary/aromatic N) is 2. The van der Waals surface area contributed by atoms with Gasteiger partial charge in [0, 0.05) is 11.4 Å². The van der Waals surface area contributed by atoms with E-state index in [2.05, 4.69) is 15.5 Å². The molecule has 7 heteroatoms. The van der Waals surface area contributed by atoms with Crippen LogP contribution in [0, 0.1) is 5.92 Å². The van der Waals surface area contributed by atoms with Crippen molar-refractivity contribution >= 4 is 34.0 Å². The number of nitrogens with one attached hydrogen (secondary N) is 1. The number of hydrogen-bond acceptors (Lipinski definition) is 5. The van der Waals surface area contributed by atoms with E-state index in [0.29, 0.717) is 29.1 Å². The molecule has 0 spiro atoms. The maximum Gasteiger partial charge on any atom is 0.226 e. The number of rotatable bonds is 7. The molecule has 1 aromatic carbocycles. The van der Waals surface area contributed by atoms with E-state index < -0.39 is 0 Å². The lowest BCUT2D eigenvalue weighted by Gasteiger charge is -2.20. The van der Waals surface area contributed by atoms with Crippen molar-refractivity contribution in [1.82, 2.24) is 10.2 Å². The van der Waals surface area contributed by atoms with Gasteiger partial charge < -0.3 is 10.1 Å². The molecule has 0 atom stereocenters. The summed E-state index contributed by atoms with van der Waals surface area (Å²) in [6, 6.07) is 7.15. The van der Waals surface area contributed by atoms with E-state index in [-0.39, 0.29) is 5.91 Å². The minimum absolute atomic E-state index is 0.0203. The topological polar surface area (TPSA) is 64.1 Å². The first-order chi connectivity index (χ1) is 12.2. The van der Waals surface area contributed by atoms with Crippen LogP contribution in [0.3, 0.4) is 0 Å². The van der Waals surface area contributed by atoms with Crippen molar-refractivity contribution in [2.45, 2.75) is 51.6 Å². The molecule has 1 amide bonds. The predicted molar refractivity (Wildman–Crippen MR) is 100 cm³/mol. The van der Waals surface area contributed by atoms with Gasteiger partial charge in [-0.25, -0.2) is 0 Å². The number of benzene rings is 1. The summed E-state index contributed by atoms with van der Waals surface area (Å²) in [5.74, 6) is 1.45. The van der Waals surface area contributed by atoms with Crippen LogP contribution in [0.5, 0.6) is 5.75 Å². The first kappa shape index (κ1) is 18.1. The molecule has 0 radical (unpaired) electrons. The molecule has 0 saturated heterocycles. The van der Waals surface area contributed by atoms with Gasteiger partial charge in [-0.1, -0.05) is 55.0 Å². The Hall–Kier alpha value is -1.66. The Balaban J connectivity index is 1.41. The lowest BCUT2D eigenvalue weighted by Crippen LogP contribution is -2.14. The van der Waals surface area contributed by atoms with Crippen LogP contribution < -0.4 is 10.1 Å². The highest BCUT2D eigenvalue weighted by Crippen LogP contribution is 2.27. The van der Waals surface area contributed by atoms with Crippen molar-refractivity contribution < 1.29 is 9.53 Å². The quantitative estimate of drug-likeness (QED) is 0.729. The summed E-state index contributed by atoms with van der Waals surface area (Å²) in [7, 11) is 0. The van der Waals surface area contributed by atoms with Gasteiger partial charge >= 0.3 is 0 Å². The molecule has 1 N–H and O–H groups in total. The number of carbonyl (C=O) groups excluding carboxylic acids is 1. The molecule has 1 aliphatic rings. The minimum Gasteiger partial charge on any atom is -0.486 e. The highest BCUT2D eigenvalue weighted by Gasteiger charge is 2.15. The van der Waals surface area contributed by atoms with Gasteiger partial charge in [0.25, 0.3) is 0 Å². The zero-order valence-electron chi connectivity index (χ0n) is 14.0. The van der Waals surface area contributed by atoms with Gasteiger partial charge in [-0.3, -0.25) is 4.79 Å². The van der Waals surface area contributed by atoms with E-state index in [1.807, 2.05) is 0 Å². The number of amides is 1. The standard InChI is InChI=1S/C18H22ClN3O2S/c19-14-7-9-15(10-8-14)24-12-17-21-22-18(25-17)20-16(23)11-6-13-4-2-1-3-5-13/h7-10,13H,1-6,11-12H2,(H,20,22,23). The summed E-state index contributed by atoms with van der Waals surface area (Å²) >= 11 is 7.18. The van der Waals surface area contributed by atoms with Crippen LogP contribution in [0.2, 0.25) is 5.02 Å². The van der Waals surface area contributed by atoms with Crippen LogP contribution in [0.25, 0.3) is 0 Å². The number of ether oxygens (including phenoxy) is 1. The Bertz CT molecular complexity index is 684. The maximum atomic E-state index is 12.1. The molecule has 134 valence electrons. The fourth-order valence-corrected chi connectivity index (χ4v) is 3.83. The second-order valence-corrected chi connectivity index (χ2v) is 7.83. The predicted octanol–water partition coefficient (Wildman–Crippen LogP) is 5.07. The molecule has 1 fully saturated rings. The highest BCUT2D eigenvalue weighted by atomic mass is 35.5. The number of carbonyl (C=O) groups is 1. The number of halogens is 1. The Morgan fingerprint density at radius 3 is 2.72 bits per heavy atom. The molecule has 5 nitrogen and oxygen atoms in total. The van der Waals surface area contributed by atoms with Crippen molar-refractivity contribution in [3.8, 4) is 5.75 Å². The normalized spacial score (nSPS) is 15.1. The molecule has 1 aliphatic carbocycles. The van der Waals surface area contributed by atoms with Crippen molar-refractivity contribution in [3.05, 3.63) is 34.3 Å². The second kappa shape index (κ2) is 9.15. The molecular weight excluding hydrogens is 358 g/mol. The van der Waals surface area contributed by atoms with Gasteiger partial charge in [0.2, 0.25) is 11.0 Å². The smallest absolute Gasteiger partial charge is 0.226 e. The third-order valence-electron chi connectivity index (χ3n) is 4.39. The summed E-state index contributed by atoms with van der Waals surface area (Å²) in [5, 5.41) is 12.8. The monoisotopic (exact) mass is 379 g/mol. The van der Waals surface area contributed by atoms with Gasteiger partial charge in [0.1, 0.15) is 12.4 Å². The van der Waals surface area contributed by atoms with Crippen LogP contribution in [0.1, 0.15) is 50.0 Å². The van der Waals surface area contributed by atoms with E-state index in [1.54, 1.807) is 24.3 Å². The Kier molecular flexibility index (Phi) is 6.64. The van der Waals surface area contributed by atoms with Crippen molar-refractivity contribution in [2.75, 3.05) is 5.32 Å². The zero-order chi connectivity index (χ0) is 17.5. The lowest BCUT2D eigenvalue weighted by molar-refractivity contribution is -0.116. The van der Waals surface area contributed by atoms with E-state index >= 15 is 0 Å². The molecule has 0 unspecified atom stereocenters. The highest BCUT2D eigenvalue weighted by molar-refractivity contribution is 7.15. The average molecular weight is 380 g/mol. The molecule has 0 aliphatic heterocycles. The molecule has 0 bridgehead atoms. The van der Waals surface area contributed by atoms with E-state index in [4.69, 9.17) is 16.3 Å². The number of anilines is 1. The van der Waals surface area contributed by atoms with Gasteiger partial charge in [0.05, 0.1) is 0 Å². The average Bonchev–Trinajstić information content (AvgIpc) is 3.08. The third-order valence-corrected chi connectivity index (χ3v) is 5.46. The van der Waals surface area contributed by atoms with Gasteiger partial charge in [-0.2, -0.15) is 0 Å². The molecule has 25 heavy (non-hydrogen) atoms. The molecular formula is C18H22ClN3O2S. The summed E-state index contributed by atoms with van der Waals surface area (Å²) in [5.41, 5.74) is 0. The van der Waals surface area contributed by atoms with Crippen LogP contribution in [-0.4, -0.2) is 16.1 Å². The molecule has 2 aromatic rings. The molecule has 1 aromatic heterocycles. The van der Waals surface area contributed by atoms with Crippen molar-refractivity contribution in [3.63, 3.8) is 0 Å².